The minimum absolute atomic E-state index is 0. The largest absolute Gasteiger partial charge is 0.393 e. The summed E-state index contributed by atoms with van der Waals surface area (Å²) in [6.07, 6.45) is 3.21. The van der Waals surface area contributed by atoms with Gasteiger partial charge in [-0.2, -0.15) is 0 Å². The van der Waals surface area contributed by atoms with Crippen molar-refractivity contribution in [3.8, 4) is 67.5 Å². The van der Waals surface area contributed by atoms with Gasteiger partial charge in [-0.25, -0.2) is 0 Å². The number of rotatable bonds is 12. The van der Waals surface area contributed by atoms with Crippen molar-refractivity contribution in [2.24, 2.45) is 11.8 Å². The van der Waals surface area contributed by atoms with Crippen LogP contribution in [-0.2, 0) is 40.2 Å². The molecule has 10 heteroatoms. The monoisotopic (exact) mass is 1380 g/mol. The van der Waals surface area contributed by atoms with Crippen molar-refractivity contribution >= 4 is 0 Å². The summed E-state index contributed by atoms with van der Waals surface area (Å²) in [5.74, 6) is 0.479. The number of benzene rings is 6. The second-order valence-corrected chi connectivity index (χ2v) is 20.7. The van der Waals surface area contributed by atoms with Crippen molar-refractivity contribution in [2.75, 3.05) is 0 Å². The van der Waals surface area contributed by atoms with E-state index in [-0.39, 0.29) is 76.5 Å². The van der Waals surface area contributed by atoms with Gasteiger partial charge in [0.2, 0.25) is 0 Å². The van der Waals surface area contributed by atoms with Crippen molar-refractivity contribution < 1.29 is 60.6 Å². The number of aromatic nitrogens is 4. The van der Waals surface area contributed by atoms with Gasteiger partial charge in [0.05, 0.1) is 47.2 Å². The van der Waals surface area contributed by atoms with E-state index in [1.165, 1.54) is 33.4 Å². The third-order valence-corrected chi connectivity index (χ3v) is 12.2. The molecule has 8 nitrogen and oxygen atoms in total. The molecule has 0 aliphatic rings. The van der Waals surface area contributed by atoms with Crippen LogP contribution in [0.2, 0.25) is 0 Å². The van der Waals surface area contributed by atoms with Gasteiger partial charge in [-0.05, 0) is 77.3 Å². The Hall–Kier alpha value is -5.38. The normalized spacial score (nSPS) is 12.3. The maximum absolute atomic E-state index is 9.39. The molecule has 8 rings (SSSR count). The second-order valence-electron chi connectivity index (χ2n) is 20.7. The van der Waals surface area contributed by atoms with E-state index in [2.05, 4.69) is 152 Å². The first kappa shape index (κ1) is 64.9. The van der Waals surface area contributed by atoms with Crippen molar-refractivity contribution in [2.45, 2.75) is 134 Å². The van der Waals surface area contributed by atoms with E-state index in [1.807, 2.05) is 76.5 Å². The van der Waals surface area contributed by atoms with Crippen LogP contribution in [0.4, 0.5) is 0 Å². The summed E-state index contributed by atoms with van der Waals surface area (Å²) < 4.78 is 0. The number of hydrogen-bond acceptors (Lipinski definition) is 8. The number of aliphatic hydroxyl groups excluding tert-OH is 4. The minimum atomic E-state index is -0.375. The van der Waals surface area contributed by atoms with Crippen LogP contribution in [0.1, 0.15) is 98.9 Å². The van der Waals surface area contributed by atoms with Crippen LogP contribution in [0.5, 0.6) is 0 Å². The molecular formula is C66H78Ir2N4O4-2. The third kappa shape index (κ3) is 20.2. The molecule has 8 aromatic rings. The predicted molar refractivity (Wildman–Crippen MR) is 307 cm³/mol. The molecule has 0 spiro atoms. The summed E-state index contributed by atoms with van der Waals surface area (Å²) in [5.41, 5.74) is 21.1. The molecule has 0 amide bonds. The van der Waals surface area contributed by atoms with Gasteiger partial charge in [-0.1, -0.05) is 175 Å². The van der Waals surface area contributed by atoms with Crippen LogP contribution in [0.3, 0.4) is 0 Å². The van der Waals surface area contributed by atoms with Gasteiger partial charge in [0.25, 0.3) is 0 Å². The van der Waals surface area contributed by atoms with Gasteiger partial charge in [-0.15, -0.1) is 69.8 Å². The van der Waals surface area contributed by atoms with Gasteiger partial charge < -0.3 is 30.4 Å². The molecule has 4 atom stereocenters. The first-order valence-electron chi connectivity index (χ1n) is 25.8. The molecule has 0 fully saturated rings. The van der Waals surface area contributed by atoms with Crippen molar-refractivity contribution in [1.82, 2.24) is 19.9 Å². The van der Waals surface area contributed by atoms with E-state index in [9.17, 15) is 10.2 Å². The third-order valence-electron chi connectivity index (χ3n) is 12.2. The second kappa shape index (κ2) is 31.1. The van der Waals surface area contributed by atoms with E-state index < -0.39 is 0 Å². The van der Waals surface area contributed by atoms with Crippen LogP contribution in [0, 0.1) is 79.4 Å². The Bertz CT molecular complexity index is 2770. The Morgan fingerprint density at radius 2 is 0.697 bits per heavy atom. The quantitative estimate of drug-likeness (QED) is 0.0890. The standard InChI is InChI=1S/2C26H23N2.C9H20O2.C5H12O2.2Ir/c2*1-17-10-18(2)13-22(12-17)25-26(23-14-19(3)11-20(4)15-23)28-24(16-27-25)21-8-6-5-7-9-21;1-6(2)8(10)5-9(11)7(3)4;1-4(6)3-5(2)7;;/h2*5-12,14-16H,1-4H3;6-11H,5H2,1-4H3;4-7H,3H2,1-2H3;;/q2*-1;;;;. The van der Waals surface area contributed by atoms with Gasteiger partial charge in [0.15, 0.2) is 0 Å². The Kier molecular flexibility index (Phi) is 26.6. The Balaban J connectivity index is 0.000000299. The maximum atomic E-state index is 9.39. The molecule has 4 unspecified atom stereocenters. The minimum Gasteiger partial charge on any atom is -0.393 e. The predicted octanol–water partition coefficient (Wildman–Crippen LogP) is 14.6. The summed E-state index contributed by atoms with van der Waals surface area (Å²) in [6, 6.07) is 48.9. The van der Waals surface area contributed by atoms with Crippen LogP contribution >= 0.6 is 0 Å². The zero-order valence-electron chi connectivity index (χ0n) is 46.8. The molecule has 406 valence electrons. The van der Waals surface area contributed by atoms with Crippen LogP contribution in [-0.4, -0.2) is 64.8 Å². The van der Waals surface area contributed by atoms with Crippen molar-refractivity contribution in [3.05, 3.63) is 190 Å². The number of nitrogens with zero attached hydrogens (tertiary/aromatic N) is 4. The Morgan fingerprint density at radius 1 is 0.382 bits per heavy atom. The van der Waals surface area contributed by atoms with E-state index in [4.69, 9.17) is 30.1 Å². The zero-order valence-corrected chi connectivity index (χ0v) is 51.6. The van der Waals surface area contributed by atoms with Gasteiger partial charge in [0, 0.05) is 75.1 Å². The van der Waals surface area contributed by atoms with Crippen molar-refractivity contribution in [3.63, 3.8) is 0 Å². The van der Waals surface area contributed by atoms with Crippen LogP contribution < -0.4 is 0 Å². The molecule has 0 aliphatic heterocycles. The first-order valence-corrected chi connectivity index (χ1v) is 25.8. The molecule has 0 saturated heterocycles. The number of aryl methyl sites for hydroxylation is 8. The molecule has 0 aliphatic carbocycles. The summed E-state index contributed by atoms with van der Waals surface area (Å²) in [7, 11) is 0. The number of aliphatic hydroxyl groups is 4. The molecule has 2 radical (unpaired) electrons. The van der Waals surface area contributed by atoms with Crippen molar-refractivity contribution in [1.29, 1.82) is 0 Å². The van der Waals surface area contributed by atoms with Gasteiger partial charge >= 0.3 is 0 Å². The molecule has 2 heterocycles. The average molecular weight is 1380 g/mol. The van der Waals surface area contributed by atoms with E-state index in [1.54, 1.807) is 13.8 Å². The molecule has 6 aromatic carbocycles. The fourth-order valence-corrected chi connectivity index (χ4v) is 8.63. The Labute approximate surface area is 481 Å². The van der Waals surface area contributed by atoms with Gasteiger partial charge in [-0.3, -0.25) is 9.97 Å². The smallest absolute Gasteiger partial charge is 0.0873 e. The van der Waals surface area contributed by atoms with E-state index in [0.29, 0.717) is 12.8 Å². The summed E-state index contributed by atoms with van der Waals surface area (Å²) in [5, 5.41) is 35.9. The van der Waals surface area contributed by atoms with E-state index in [0.717, 1.165) is 78.7 Å². The summed E-state index contributed by atoms with van der Waals surface area (Å²) in [4.78, 5) is 19.8. The molecule has 4 N–H and O–H groups in total. The molecular weight excluding hydrogens is 1300 g/mol. The topological polar surface area (TPSA) is 132 Å². The molecule has 0 bridgehead atoms. The Morgan fingerprint density at radius 3 is 0.974 bits per heavy atom. The molecule has 2 aromatic heterocycles. The SMILES string of the molecule is CC(C)C(O)CC(O)C(C)C.CC(O)CC(C)O.Cc1[c-]c(-c2ncc(-c3ccccc3)nc2-c2cc(C)cc(C)c2)cc(C)c1.Cc1[c-]c(-c2ncc(-c3ccccc3)nc2-c2cc(C)cc(C)c2)cc(C)c1.[Ir].[Ir]. The van der Waals surface area contributed by atoms with Gasteiger partial charge in [0.1, 0.15) is 0 Å². The number of hydrogen-bond donors (Lipinski definition) is 4. The van der Waals surface area contributed by atoms with Crippen LogP contribution in [0.25, 0.3) is 67.5 Å². The summed E-state index contributed by atoms with van der Waals surface area (Å²) in [6.45, 7) is 28.0. The first-order chi connectivity index (χ1) is 35.1. The fourth-order valence-electron chi connectivity index (χ4n) is 8.63. The fraction of sp³-hybridized carbons (Fsp3) is 0.333. The molecule has 76 heavy (non-hydrogen) atoms. The zero-order chi connectivity index (χ0) is 54.2. The van der Waals surface area contributed by atoms with E-state index >= 15 is 0 Å². The molecule has 0 saturated carbocycles. The summed E-state index contributed by atoms with van der Waals surface area (Å²) >= 11 is 0. The average Bonchev–Trinajstić information content (AvgIpc) is 3.33. The van der Waals surface area contributed by atoms with Crippen LogP contribution in [0.15, 0.2) is 134 Å². The maximum Gasteiger partial charge on any atom is 0.0873 e.